The molecule has 1 aliphatic rings. The molecule has 0 amide bonds. The second-order valence-electron chi connectivity index (χ2n) is 6.28. The van der Waals surface area contributed by atoms with Crippen LogP contribution in [0.5, 0.6) is 5.75 Å². The predicted molar refractivity (Wildman–Crippen MR) is 92.6 cm³/mol. The first-order chi connectivity index (χ1) is 11.6. The van der Waals surface area contributed by atoms with Crippen molar-refractivity contribution in [2.75, 3.05) is 6.61 Å². The number of para-hydroxylation sites is 1. The topological polar surface area (TPSA) is 68.5 Å². The summed E-state index contributed by atoms with van der Waals surface area (Å²) in [5, 5.41) is 11.0. The van der Waals surface area contributed by atoms with Gasteiger partial charge in [-0.05, 0) is 31.9 Å². The lowest BCUT2D eigenvalue weighted by atomic mass is 10.0. The Kier molecular flexibility index (Phi) is 4.88. The van der Waals surface area contributed by atoms with Gasteiger partial charge in [-0.1, -0.05) is 37.8 Å². The molecule has 5 heteroatoms. The van der Waals surface area contributed by atoms with E-state index in [1.165, 1.54) is 12.8 Å². The molecule has 3 rings (SSSR count). The van der Waals surface area contributed by atoms with Crippen molar-refractivity contribution in [3.8, 4) is 5.75 Å². The Bertz CT molecular complexity index is 801. The average Bonchev–Trinajstić information content (AvgIpc) is 2.85. The van der Waals surface area contributed by atoms with Crippen molar-refractivity contribution < 1.29 is 14.6 Å². The maximum atomic E-state index is 13.0. The van der Waals surface area contributed by atoms with E-state index in [-0.39, 0.29) is 24.0 Å². The molecule has 0 spiro atoms. The van der Waals surface area contributed by atoms with Crippen LogP contribution in [0.1, 0.15) is 61.8 Å². The summed E-state index contributed by atoms with van der Waals surface area (Å²) >= 11 is 0. The van der Waals surface area contributed by atoms with Gasteiger partial charge in [-0.3, -0.25) is 4.79 Å². The Morgan fingerprint density at radius 1 is 1.21 bits per heavy atom. The third kappa shape index (κ3) is 2.90. The van der Waals surface area contributed by atoms with Gasteiger partial charge in [-0.25, -0.2) is 4.79 Å². The molecule has 0 atom stereocenters. The molecule has 0 saturated heterocycles. The molecule has 1 heterocycles. The molecule has 24 heavy (non-hydrogen) atoms. The van der Waals surface area contributed by atoms with Gasteiger partial charge in [0.1, 0.15) is 5.75 Å². The van der Waals surface area contributed by atoms with E-state index in [0.717, 1.165) is 25.7 Å². The lowest BCUT2D eigenvalue weighted by Gasteiger charge is -2.22. The fourth-order valence-corrected chi connectivity index (χ4v) is 3.62. The minimum Gasteiger partial charge on any atom is -0.506 e. The van der Waals surface area contributed by atoms with Gasteiger partial charge in [0.2, 0.25) is 0 Å². The highest BCUT2D eigenvalue weighted by Crippen LogP contribution is 2.32. The summed E-state index contributed by atoms with van der Waals surface area (Å²) in [6.45, 7) is 1.84. The third-order valence-corrected chi connectivity index (χ3v) is 4.76. The Hall–Kier alpha value is -2.30. The van der Waals surface area contributed by atoms with Gasteiger partial charge in [0.05, 0.1) is 12.1 Å². The van der Waals surface area contributed by atoms with Crippen LogP contribution in [-0.4, -0.2) is 22.2 Å². The Morgan fingerprint density at radius 2 is 1.88 bits per heavy atom. The second kappa shape index (κ2) is 7.07. The molecule has 0 bridgehead atoms. The van der Waals surface area contributed by atoms with Crippen LogP contribution >= 0.6 is 0 Å². The molecule has 1 N–H and O–H groups in total. The van der Waals surface area contributed by atoms with Gasteiger partial charge in [0.15, 0.2) is 5.56 Å². The minimum atomic E-state index is -0.756. The summed E-state index contributed by atoms with van der Waals surface area (Å²) in [6.07, 6.45) is 6.31. The number of nitrogens with zero attached hydrogens (tertiary/aromatic N) is 1. The standard InChI is InChI=1S/C19H23NO4/c1-2-24-19(23)16-17(21)14-11-7-8-12-15(14)20(18(16)22)13-9-5-3-4-6-10-13/h7-8,11-13,21H,2-6,9-10H2,1H3. The van der Waals surface area contributed by atoms with Crippen molar-refractivity contribution >= 4 is 16.9 Å². The van der Waals surface area contributed by atoms with E-state index in [2.05, 4.69) is 0 Å². The fourth-order valence-electron chi connectivity index (χ4n) is 3.62. The van der Waals surface area contributed by atoms with E-state index in [4.69, 9.17) is 4.74 Å². The molecule has 1 aromatic carbocycles. The number of benzene rings is 1. The molecule has 0 unspecified atom stereocenters. The van der Waals surface area contributed by atoms with E-state index in [9.17, 15) is 14.7 Å². The number of hydrogen-bond donors (Lipinski definition) is 1. The highest BCUT2D eigenvalue weighted by atomic mass is 16.5. The van der Waals surface area contributed by atoms with Gasteiger partial charge in [-0.2, -0.15) is 0 Å². The molecule has 5 nitrogen and oxygen atoms in total. The first kappa shape index (κ1) is 16.6. The normalized spacial score (nSPS) is 16.0. The SMILES string of the molecule is CCOC(=O)c1c(O)c2ccccc2n(C2CCCCCC2)c1=O. The van der Waals surface area contributed by atoms with E-state index in [1.54, 1.807) is 23.6 Å². The second-order valence-corrected chi connectivity index (χ2v) is 6.28. The van der Waals surface area contributed by atoms with Crippen molar-refractivity contribution in [1.82, 2.24) is 4.57 Å². The van der Waals surface area contributed by atoms with Gasteiger partial charge in [-0.15, -0.1) is 0 Å². The van der Waals surface area contributed by atoms with Crippen molar-refractivity contribution in [2.45, 2.75) is 51.5 Å². The first-order valence-corrected chi connectivity index (χ1v) is 8.68. The number of fused-ring (bicyclic) bond motifs is 1. The molecule has 0 radical (unpaired) electrons. The zero-order valence-electron chi connectivity index (χ0n) is 14.0. The number of rotatable bonds is 3. The minimum absolute atomic E-state index is 0.0543. The molecule has 0 aliphatic heterocycles. The van der Waals surface area contributed by atoms with Gasteiger partial charge in [0.25, 0.3) is 5.56 Å². The fraction of sp³-hybridized carbons (Fsp3) is 0.474. The molecule has 1 saturated carbocycles. The molecule has 2 aromatic rings. The first-order valence-electron chi connectivity index (χ1n) is 8.68. The molecule has 1 fully saturated rings. The molecule has 128 valence electrons. The van der Waals surface area contributed by atoms with Crippen LogP contribution in [0.2, 0.25) is 0 Å². The van der Waals surface area contributed by atoms with Crippen molar-refractivity contribution in [3.63, 3.8) is 0 Å². The number of aromatic hydroxyl groups is 1. The summed E-state index contributed by atoms with van der Waals surface area (Å²) in [6, 6.07) is 7.26. The average molecular weight is 329 g/mol. The summed E-state index contributed by atoms with van der Waals surface area (Å²) < 4.78 is 6.69. The maximum Gasteiger partial charge on any atom is 0.347 e. The van der Waals surface area contributed by atoms with E-state index in [0.29, 0.717) is 10.9 Å². The van der Waals surface area contributed by atoms with Crippen molar-refractivity contribution in [3.05, 3.63) is 40.2 Å². The summed E-state index contributed by atoms with van der Waals surface area (Å²) in [7, 11) is 0. The molecule has 1 aliphatic carbocycles. The van der Waals surface area contributed by atoms with E-state index < -0.39 is 11.5 Å². The third-order valence-electron chi connectivity index (χ3n) is 4.76. The zero-order valence-corrected chi connectivity index (χ0v) is 14.0. The maximum absolute atomic E-state index is 13.0. The summed E-state index contributed by atoms with van der Waals surface area (Å²) in [5.74, 6) is -1.04. The number of aromatic nitrogens is 1. The van der Waals surface area contributed by atoms with Crippen LogP contribution in [0.3, 0.4) is 0 Å². The number of carbonyl (C=O) groups excluding carboxylic acids is 1. The van der Waals surface area contributed by atoms with Gasteiger partial charge < -0.3 is 14.4 Å². The zero-order chi connectivity index (χ0) is 17.1. The van der Waals surface area contributed by atoms with Gasteiger partial charge >= 0.3 is 5.97 Å². The van der Waals surface area contributed by atoms with Crippen LogP contribution in [0, 0.1) is 0 Å². The Balaban J connectivity index is 2.26. The van der Waals surface area contributed by atoms with Crippen molar-refractivity contribution in [2.24, 2.45) is 0 Å². The summed E-state index contributed by atoms with van der Waals surface area (Å²) in [4.78, 5) is 25.3. The smallest absolute Gasteiger partial charge is 0.347 e. The quantitative estimate of drug-likeness (QED) is 0.687. The van der Waals surface area contributed by atoms with Crippen LogP contribution in [0.25, 0.3) is 10.9 Å². The number of hydrogen-bond acceptors (Lipinski definition) is 4. The summed E-state index contributed by atoms with van der Waals surface area (Å²) in [5.41, 5.74) is -0.0173. The number of ether oxygens (including phenoxy) is 1. The highest BCUT2D eigenvalue weighted by Gasteiger charge is 2.26. The largest absolute Gasteiger partial charge is 0.506 e. The molecular formula is C19H23NO4. The number of esters is 1. The Morgan fingerprint density at radius 3 is 2.54 bits per heavy atom. The highest BCUT2D eigenvalue weighted by molar-refractivity contribution is 5.99. The van der Waals surface area contributed by atoms with Crippen LogP contribution in [0.15, 0.2) is 29.1 Å². The Labute approximate surface area is 140 Å². The number of carbonyl (C=O) groups is 1. The van der Waals surface area contributed by atoms with Crippen LogP contribution in [0.4, 0.5) is 0 Å². The monoisotopic (exact) mass is 329 g/mol. The lowest BCUT2D eigenvalue weighted by molar-refractivity contribution is 0.0520. The molecular weight excluding hydrogens is 306 g/mol. The number of pyridine rings is 1. The van der Waals surface area contributed by atoms with Crippen molar-refractivity contribution in [1.29, 1.82) is 0 Å². The van der Waals surface area contributed by atoms with Crippen LogP contribution in [-0.2, 0) is 4.74 Å². The van der Waals surface area contributed by atoms with E-state index >= 15 is 0 Å². The molecule has 1 aromatic heterocycles. The predicted octanol–water partition coefficient (Wildman–Crippen LogP) is 3.78. The lowest BCUT2D eigenvalue weighted by Crippen LogP contribution is -2.30. The van der Waals surface area contributed by atoms with Crippen LogP contribution < -0.4 is 5.56 Å². The van der Waals surface area contributed by atoms with E-state index in [1.807, 2.05) is 12.1 Å². The van der Waals surface area contributed by atoms with Gasteiger partial charge in [0, 0.05) is 11.4 Å².